The van der Waals surface area contributed by atoms with Crippen LogP contribution in [0.1, 0.15) is 5.56 Å². The normalized spacial score (nSPS) is 9.29. The van der Waals surface area contributed by atoms with Gasteiger partial charge in [-0.1, -0.05) is 11.6 Å². The molecular formula is C10H10ClNO2. The number of benzene rings is 1. The molecule has 0 saturated carbocycles. The van der Waals surface area contributed by atoms with E-state index in [-0.39, 0.29) is 0 Å². The molecule has 0 fully saturated rings. The molecule has 14 heavy (non-hydrogen) atoms. The zero-order valence-electron chi connectivity index (χ0n) is 7.79. The van der Waals surface area contributed by atoms with Gasteiger partial charge in [-0.25, -0.2) is 9.79 Å². The van der Waals surface area contributed by atoms with E-state index in [9.17, 15) is 4.79 Å². The zero-order valence-corrected chi connectivity index (χ0v) is 8.54. The Morgan fingerprint density at radius 3 is 3.00 bits per heavy atom. The Labute approximate surface area is 87.4 Å². The number of isocyanates is 1. The van der Waals surface area contributed by atoms with E-state index in [1.54, 1.807) is 12.1 Å². The third-order valence-electron chi connectivity index (χ3n) is 1.67. The van der Waals surface area contributed by atoms with Crippen LogP contribution < -0.4 is 4.74 Å². The fourth-order valence-electron chi connectivity index (χ4n) is 0.962. The van der Waals surface area contributed by atoms with Gasteiger partial charge in [-0.2, -0.15) is 0 Å². The maximum Gasteiger partial charge on any atom is 0.235 e. The molecule has 0 saturated heterocycles. The van der Waals surface area contributed by atoms with Gasteiger partial charge in [-0.05, 0) is 30.7 Å². The molecule has 0 atom stereocenters. The molecule has 0 aliphatic rings. The number of carbonyl (C=O) groups excluding carboxylic acids is 1. The molecule has 0 radical (unpaired) electrons. The highest BCUT2D eigenvalue weighted by Crippen LogP contribution is 2.20. The van der Waals surface area contributed by atoms with Crippen molar-refractivity contribution in [2.24, 2.45) is 4.99 Å². The van der Waals surface area contributed by atoms with Gasteiger partial charge in [-0.3, -0.25) is 0 Å². The third kappa shape index (κ3) is 3.21. The highest BCUT2D eigenvalue weighted by molar-refractivity contribution is 6.31. The molecule has 0 bridgehead atoms. The van der Waals surface area contributed by atoms with E-state index in [4.69, 9.17) is 16.3 Å². The number of aliphatic imine (C=N–C) groups is 1. The second-order valence-corrected chi connectivity index (χ2v) is 3.14. The van der Waals surface area contributed by atoms with Crippen molar-refractivity contribution in [2.75, 3.05) is 13.2 Å². The van der Waals surface area contributed by atoms with Crippen LogP contribution in [-0.2, 0) is 4.79 Å². The average Bonchev–Trinajstić information content (AvgIpc) is 2.18. The standard InChI is InChI=1S/C10H10ClNO2/c1-8-6-9(2-3-10(8)11)14-5-4-12-7-13/h2-3,6H,4-5H2,1H3. The maximum absolute atomic E-state index is 9.75. The van der Waals surface area contributed by atoms with Crippen molar-refractivity contribution in [1.29, 1.82) is 0 Å². The Kier molecular flexibility index (Phi) is 4.17. The van der Waals surface area contributed by atoms with Gasteiger partial charge < -0.3 is 4.74 Å². The zero-order chi connectivity index (χ0) is 10.4. The number of aryl methyl sites for hydroxylation is 1. The molecule has 0 N–H and O–H groups in total. The number of nitrogens with zero attached hydrogens (tertiary/aromatic N) is 1. The van der Waals surface area contributed by atoms with Crippen LogP contribution in [0.4, 0.5) is 0 Å². The first-order chi connectivity index (χ1) is 6.74. The molecule has 0 aliphatic heterocycles. The summed E-state index contributed by atoms with van der Waals surface area (Å²) in [6.45, 7) is 2.60. The van der Waals surface area contributed by atoms with Crippen LogP contribution in [-0.4, -0.2) is 19.2 Å². The highest BCUT2D eigenvalue weighted by atomic mass is 35.5. The summed E-state index contributed by atoms with van der Waals surface area (Å²) >= 11 is 5.84. The van der Waals surface area contributed by atoms with Crippen LogP contribution in [0.2, 0.25) is 5.02 Å². The first-order valence-electron chi connectivity index (χ1n) is 4.16. The molecule has 4 heteroatoms. The van der Waals surface area contributed by atoms with Gasteiger partial charge in [0.05, 0.1) is 6.54 Å². The predicted octanol–water partition coefficient (Wildman–Crippen LogP) is 2.36. The lowest BCUT2D eigenvalue weighted by Crippen LogP contribution is -2.00. The van der Waals surface area contributed by atoms with E-state index in [2.05, 4.69) is 4.99 Å². The second kappa shape index (κ2) is 5.43. The van der Waals surface area contributed by atoms with E-state index >= 15 is 0 Å². The van der Waals surface area contributed by atoms with Gasteiger partial charge in [0.1, 0.15) is 12.4 Å². The molecule has 1 aromatic carbocycles. The molecule has 0 unspecified atom stereocenters. The monoisotopic (exact) mass is 211 g/mol. The van der Waals surface area contributed by atoms with Crippen molar-refractivity contribution in [3.05, 3.63) is 28.8 Å². The molecule has 0 aromatic heterocycles. The largest absolute Gasteiger partial charge is 0.492 e. The topological polar surface area (TPSA) is 38.7 Å². The first-order valence-corrected chi connectivity index (χ1v) is 4.54. The van der Waals surface area contributed by atoms with Gasteiger partial charge in [0, 0.05) is 5.02 Å². The van der Waals surface area contributed by atoms with Gasteiger partial charge >= 0.3 is 0 Å². The molecule has 74 valence electrons. The van der Waals surface area contributed by atoms with Crippen LogP contribution in [0.5, 0.6) is 5.75 Å². The second-order valence-electron chi connectivity index (χ2n) is 2.73. The molecule has 0 heterocycles. The number of hydrogen-bond acceptors (Lipinski definition) is 3. The molecule has 0 spiro atoms. The van der Waals surface area contributed by atoms with Crippen LogP contribution in [0.15, 0.2) is 23.2 Å². The van der Waals surface area contributed by atoms with Crippen molar-refractivity contribution < 1.29 is 9.53 Å². The summed E-state index contributed by atoms with van der Waals surface area (Å²) < 4.78 is 5.31. The van der Waals surface area contributed by atoms with Crippen LogP contribution in [0.25, 0.3) is 0 Å². The van der Waals surface area contributed by atoms with Crippen molar-refractivity contribution in [3.8, 4) is 5.75 Å². The fourth-order valence-corrected chi connectivity index (χ4v) is 1.08. The van der Waals surface area contributed by atoms with E-state index in [1.165, 1.54) is 6.08 Å². The number of hydrogen-bond donors (Lipinski definition) is 0. The number of halogens is 1. The van der Waals surface area contributed by atoms with E-state index < -0.39 is 0 Å². The SMILES string of the molecule is Cc1cc(OCCN=C=O)ccc1Cl. The van der Waals surface area contributed by atoms with Gasteiger partial charge in [0.2, 0.25) is 6.08 Å². The highest BCUT2D eigenvalue weighted by Gasteiger charge is 1.97. The molecular weight excluding hydrogens is 202 g/mol. The van der Waals surface area contributed by atoms with E-state index in [0.717, 1.165) is 11.3 Å². The minimum atomic E-state index is 0.325. The summed E-state index contributed by atoms with van der Waals surface area (Å²) in [5.74, 6) is 0.730. The summed E-state index contributed by atoms with van der Waals surface area (Å²) in [5.41, 5.74) is 0.961. The summed E-state index contributed by atoms with van der Waals surface area (Å²) in [5, 5.41) is 0.711. The molecule has 0 amide bonds. The minimum Gasteiger partial charge on any atom is -0.492 e. The Hall–Kier alpha value is -1.31. The van der Waals surface area contributed by atoms with Gasteiger partial charge in [-0.15, -0.1) is 0 Å². The van der Waals surface area contributed by atoms with Crippen molar-refractivity contribution in [3.63, 3.8) is 0 Å². The fraction of sp³-hybridized carbons (Fsp3) is 0.300. The predicted molar refractivity (Wildman–Crippen MR) is 54.7 cm³/mol. The lowest BCUT2D eigenvalue weighted by Gasteiger charge is -2.05. The quantitative estimate of drug-likeness (QED) is 0.436. The first kappa shape index (κ1) is 10.8. The van der Waals surface area contributed by atoms with Gasteiger partial charge in [0.25, 0.3) is 0 Å². The summed E-state index contributed by atoms with van der Waals surface area (Å²) in [7, 11) is 0. The maximum atomic E-state index is 9.75. The summed E-state index contributed by atoms with van der Waals surface area (Å²) in [6, 6.07) is 5.39. The molecule has 1 aromatic rings. The van der Waals surface area contributed by atoms with Crippen LogP contribution in [0.3, 0.4) is 0 Å². The van der Waals surface area contributed by atoms with Crippen molar-refractivity contribution in [1.82, 2.24) is 0 Å². The lowest BCUT2D eigenvalue weighted by atomic mass is 10.2. The Bertz CT molecular complexity index is 359. The molecule has 3 nitrogen and oxygen atoms in total. The summed E-state index contributed by atoms with van der Waals surface area (Å²) in [6.07, 6.45) is 1.45. The number of ether oxygens (including phenoxy) is 1. The third-order valence-corrected chi connectivity index (χ3v) is 2.09. The summed E-state index contributed by atoms with van der Waals surface area (Å²) in [4.78, 5) is 13.1. The molecule has 1 rings (SSSR count). The Balaban J connectivity index is 2.51. The molecule has 0 aliphatic carbocycles. The Morgan fingerprint density at radius 2 is 2.36 bits per heavy atom. The lowest BCUT2D eigenvalue weighted by molar-refractivity contribution is 0.328. The average molecular weight is 212 g/mol. The van der Waals surface area contributed by atoms with Crippen LogP contribution in [0, 0.1) is 6.92 Å². The van der Waals surface area contributed by atoms with E-state index in [0.29, 0.717) is 18.2 Å². The van der Waals surface area contributed by atoms with Gasteiger partial charge in [0.15, 0.2) is 0 Å². The van der Waals surface area contributed by atoms with Crippen molar-refractivity contribution >= 4 is 17.7 Å². The smallest absolute Gasteiger partial charge is 0.235 e. The number of rotatable bonds is 4. The van der Waals surface area contributed by atoms with E-state index in [1.807, 2.05) is 13.0 Å². The van der Waals surface area contributed by atoms with Crippen molar-refractivity contribution in [2.45, 2.75) is 6.92 Å². The minimum absolute atomic E-state index is 0.325. The Morgan fingerprint density at radius 1 is 1.57 bits per heavy atom. The van der Waals surface area contributed by atoms with Crippen LogP contribution >= 0.6 is 11.6 Å².